The molecule has 0 bridgehead atoms. The molecule has 1 aliphatic carbocycles. The summed E-state index contributed by atoms with van der Waals surface area (Å²) in [7, 11) is -3.56. The highest BCUT2D eigenvalue weighted by atomic mass is 32.2. The predicted molar refractivity (Wildman–Crippen MR) is 106 cm³/mol. The molecule has 8 nitrogen and oxygen atoms in total. The molecule has 0 radical (unpaired) electrons. The molecule has 1 aromatic carbocycles. The summed E-state index contributed by atoms with van der Waals surface area (Å²) in [4.78, 5) is 13.4. The number of nitrogens with one attached hydrogen (secondary N) is 1. The van der Waals surface area contributed by atoms with Gasteiger partial charge in [0.2, 0.25) is 15.9 Å². The van der Waals surface area contributed by atoms with Crippen LogP contribution in [-0.2, 0) is 14.8 Å². The number of piperazine rings is 1. The van der Waals surface area contributed by atoms with Crippen molar-refractivity contribution in [1.82, 2.24) is 14.5 Å². The summed E-state index contributed by atoms with van der Waals surface area (Å²) in [5.41, 5.74) is 1.62. The van der Waals surface area contributed by atoms with Crippen molar-refractivity contribution in [2.24, 2.45) is 0 Å². The van der Waals surface area contributed by atoms with E-state index in [9.17, 15) is 13.2 Å². The third kappa shape index (κ3) is 4.00. The van der Waals surface area contributed by atoms with Gasteiger partial charge in [-0.1, -0.05) is 0 Å². The number of hydrogen-bond donors (Lipinski definition) is 1. The Morgan fingerprint density at radius 3 is 2.21 bits per heavy atom. The van der Waals surface area contributed by atoms with Gasteiger partial charge in [-0.25, -0.2) is 8.42 Å². The molecule has 1 aromatic heterocycles. The molecule has 2 aliphatic rings. The number of rotatable bonds is 5. The highest BCUT2D eigenvalue weighted by molar-refractivity contribution is 7.89. The van der Waals surface area contributed by atoms with E-state index in [0.29, 0.717) is 37.8 Å². The van der Waals surface area contributed by atoms with E-state index >= 15 is 0 Å². The van der Waals surface area contributed by atoms with Crippen LogP contribution in [0.25, 0.3) is 0 Å². The van der Waals surface area contributed by atoms with Gasteiger partial charge in [-0.15, -0.1) is 5.10 Å². The second kappa shape index (κ2) is 7.48. The Morgan fingerprint density at radius 2 is 1.68 bits per heavy atom. The molecule has 1 aliphatic heterocycles. The number of amides is 1. The lowest BCUT2D eigenvalue weighted by Gasteiger charge is -2.34. The van der Waals surface area contributed by atoms with Crippen LogP contribution in [0.4, 0.5) is 11.5 Å². The van der Waals surface area contributed by atoms with Crippen LogP contribution in [0.3, 0.4) is 0 Å². The Morgan fingerprint density at radius 1 is 1.00 bits per heavy atom. The first kappa shape index (κ1) is 18.8. The minimum absolute atomic E-state index is 0.194. The van der Waals surface area contributed by atoms with Gasteiger partial charge in [0, 0.05) is 44.7 Å². The largest absolute Gasteiger partial charge is 0.352 e. The molecule has 1 amide bonds. The number of carbonyl (C=O) groups excluding carboxylic acids is 1. The van der Waals surface area contributed by atoms with Crippen molar-refractivity contribution < 1.29 is 13.2 Å². The van der Waals surface area contributed by atoms with Crippen molar-refractivity contribution in [3.63, 3.8) is 0 Å². The van der Waals surface area contributed by atoms with Gasteiger partial charge >= 0.3 is 0 Å². The van der Waals surface area contributed by atoms with Gasteiger partial charge in [0.25, 0.3) is 0 Å². The monoisotopic (exact) mass is 401 g/mol. The average molecular weight is 401 g/mol. The zero-order valence-electron chi connectivity index (χ0n) is 15.7. The smallest absolute Gasteiger partial charge is 0.243 e. The van der Waals surface area contributed by atoms with E-state index in [1.807, 2.05) is 12.1 Å². The Labute approximate surface area is 164 Å². The van der Waals surface area contributed by atoms with Crippen molar-refractivity contribution in [2.75, 3.05) is 36.4 Å². The molecule has 1 saturated heterocycles. The molecule has 0 atom stereocenters. The maximum atomic E-state index is 12.9. The third-order valence-corrected chi connectivity index (χ3v) is 6.95. The second-order valence-electron chi connectivity index (χ2n) is 7.19. The van der Waals surface area contributed by atoms with Crippen molar-refractivity contribution in [2.45, 2.75) is 30.6 Å². The highest BCUT2D eigenvalue weighted by Crippen LogP contribution is 2.38. The standard InChI is InChI=1S/C19H23N5O3S/c1-14(25)20-16-4-6-17(7-5-16)28(26,27)24-12-10-23(11-13-24)19-9-8-18(21-22-19)15-2-3-15/h4-9,15H,2-3,10-13H2,1H3,(H,20,25). The van der Waals surface area contributed by atoms with Gasteiger partial charge in [0.1, 0.15) is 0 Å². The van der Waals surface area contributed by atoms with E-state index in [0.717, 1.165) is 11.5 Å². The number of benzene rings is 1. The summed E-state index contributed by atoms with van der Waals surface area (Å²) in [6.07, 6.45) is 2.38. The van der Waals surface area contributed by atoms with Crippen LogP contribution in [-0.4, -0.2) is 55.0 Å². The van der Waals surface area contributed by atoms with E-state index < -0.39 is 10.0 Å². The van der Waals surface area contributed by atoms with Crippen LogP contribution in [0.1, 0.15) is 31.4 Å². The summed E-state index contributed by atoms with van der Waals surface area (Å²) < 4.78 is 27.3. The Hall–Kier alpha value is -2.52. The molecular weight excluding hydrogens is 378 g/mol. The third-order valence-electron chi connectivity index (χ3n) is 5.04. The second-order valence-corrected chi connectivity index (χ2v) is 9.13. The maximum Gasteiger partial charge on any atom is 0.243 e. The van der Waals surface area contributed by atoms with Gasteiger partial charge in [-0.05, 0) is 49.2 Å². The van der Waals surface area contributed by atoms with Crippen LogP contribution in [0, 0.1) is 0 Å². The molecule has 0 unspecified atom stereocenters. The molecule has 1 N–H and O–H groups in total. The first-order valence-electron chi connectivity index (χ1n) is 9.40. The number of anilines is 2. The summed E-state index contributed by atoms with van der Waals surface area (Å²) >= 11 is 0. The van der Waals surface area contributed by atoms with Gasteiger partial charge in [-0.2, -0.15) is 9.40 Å². The Balaban J connectivity index is 1.39. The number of aromatic nitrogens is 2. The first-order chi connectivity index (χ1) is 13.4. The lowest BCUT2D eigenvalue weighted by Crippen LogP contribution is -2.49. The van der Waals surface area contributed by atoms with Crippen LogP contribution in [0.5, 0.6) is 0 Å². The SMILES string of the molecule is CC(=O)Nc1ccc(S(=O)(=O)N2CCN(c3ccc(C4CC4)nn3)CC2)cc1. The lowest BCUT2D eigenvalue weighted by molar-refractivity contribution is -0.114. The van der Waals surface area contributed by atoms with Crippen LogP contribution >= 0.6 is 0 Å². The summed E-state index contributed by atoms with van der Waals surface area (Å²) in [5, 5.41) is 11.3. The van der Waals surface area contributed by atoms with E-state index in [2.05, 4.69) is 20.4 Å². The van der Waals surface area contributed by atoms with Crippen molar-refractivity contribution in [1.29, 1.82) is 0 Å². The van der Waals surface area contributed by atoms with E-state index in [1.54, 1.807) is 12.1 Å². The van der Waals surface area contributed by atoms with Crippen molar-refractivity contribution >= 4 is 27.4 Å². The molecule has 4 rings (SSSR count). The zero-order chi connectivity index (χ0) is 19.7. The molecule has 0 spiro atoms. The highest BCUT2D eigenvalue weighted by Gasteiger charge is 2.30. The average Bonchev–Trinajstić information content (AvgIpc) is 3.54. The minimum atomic E-state index is -3.56. The van der Waals surface area contributed by atoms with Crippen molar-refractivity contribution in [3.8, 4) is 0 Å². The lowest BCUT2D eigenvalue weighted by atomic mass is 10.2. The molecule has 9 heteroatoms. The molecule has 2 fully saturated rings. The van der Waals surface area contributed by atoms with Gasteiger partial charge < -0.3 is 10.2 Å². The normalized spacial score (nSPS) is 18.1. The molecule has 28 heavy (non-hydrogen) atoms. The number of hydrogen-bond acceptors (Lipinski definition) is 6. The fraction of sp³-hybridized carbons (Fsp3) is 0.421. The van der Waals surface area contributed by atoms with Crippen LogP contribution in [0.15, 0.2) is 41.3 Å². The Bertz CT molecular complexity index is 948. The fourth-order valence-corrected chi connectivity index (χ4v) is 4.74. The molecule has 2 heterocycles. The quantitative estimate of drug-likeness (QED) is 0.821. The van der Waals surface area contributed by atoms with Crippen LogP contribution in [0.2, 0.25) is 0 Å². The molecular formula is C19H23N5O3S. The van der Waals surface area contributed by atoms with Gasteiger partial charge in [-0.3, -0.25) is 4.79 Å². The number of sulfonamides is 1. The van der Waals surface area contributed by atoms with E-state index in [-0.39, 0.29) is 10.8 Å². The van der Waals surface area contributed by atoms with E-state index in [4.69, 9.17) is 0 Å². The molecule has 1 saturated carbocycles. The van der Waals surface area contributed by atoms with Crippen LogP contribution < -0.4 is 10.2 Å². The maximum absolute atomic E-state index is 12.9. The topological polar surface area (TPSA) is 95.5 Å². The zero-order valence-corrected chi connectivity index (χ0v) is 16.5. The van der Waals surface area contributed by atoms with Gasteiger partial charge in [0.15, 0.2) is 5.82 Å². The summed E-state index contributed by atoms with van der Waals surface area (Å²) in [6.45, 7) is 3.33. The fourth-order valence-electron chi connectivity index (χ4n) is 3.32. The predicted octanol–water partition coefficient (Wildman–Crippen LogP) is 1.82. The first-order valence-corrected chi connectivity index (χ1v) is 10.8. The summed E-state index contributed by atoms with van der Waals surface area (Å²) in [6, 6.07) is 10.2. The van der Waals surface area contributed by atoms with E-state index in [1.165, 1.54) is 36.2 Å². The molecule has 148 valence electrons. The Kier molecular flexibility index (Phi) is 5.03. The number of carbonyl (C=O) groups is 1. The van der Waals surface area contributed by atoms with Gasteiger partial charge in [0.05, 0.1) is 10.6 Å². The molecule has 2 aromatic rings. The summed E-state index contributed by atoms with van der Waals surface area (Å²) in [5.74, 6) is 1.17. The van der Waals surface area contributed by atoms with Crippen molar-refractivity contribution in [3.05, 3.63) is 42.1 Å². The number of nitrogens with zero attached hydrogens (tertiary/aromatic N) is 4. The minimum Gasteiger partial charge on any atom is -0.352 e.